The van der Waals surface area contributed by atoms with Gasteiger partial charge in [0.25, 0.3) is 17.6 Å². The van der Waals surface area contributed by atoms with Crippen LogP contribution in [0.4, 0.5) is 5.69 Å². The monoisotopic (exact) mass is 382 g/mol. The fourth-order valence-corrected chi connectivity index (χ4v) is 4.38. The van der Waals surface area contributed by atoms with E-state index < -0.39 is 33.4 Å². The van der Waals surface area contributed by atoms with Crippen LogP contribution in [0, 0.1) is 20.2 Å². The Kier molecular flexibility index (Phi) is 4.31. The summed E-state index contributed by atoms with van der Waals surface area (Å²) in [4.78, 5) is 36.4. The number of benzene rings is 2. The zero-order valence-corrected chi connectivity index (χ0v) is 14.9. The summed E-state index contributed by atoms with van der Waals surface area (Å²) in [6.07, 6.45) is 0.312. The van der Waals surface area contributed by atoms with Gasteiger partial charge in [0.1, 0.15) is 5.66 Å². The lowest BCUT2D eigenvalue weighted by Gasteiger charge is -2.46. The Hall–Kier alpha value is -3.33. The van der Waals surface area contributed by atoms with Gasteiger partial charge in [-0.15, -0.1) is 0 Å². The van der Waals surface area contributed by atoms with Gasteiger partial charge in [0, 0.05) is 36.6 Å². The Labute approximate surface area is 160 Å². The van der Waals surface area contributed by atoms with Crippen molar-refractivity contribution in [3.8, 4) is 0 Å². The van der Waals surface area contributed by atoms with Crippen molar-refractivity contribution in [1.29, 1.82) is 0 Å². The normalized spacial score (nSPS) is 26.7. The van der Waals surface area contributed by atoms with E-state index in [0.717, 1.165) is 5.56 Å². The van der Waals surface area contributed by atoms with Crippen molar-refractivity contribution < 1.29 is 14.6 Å². The lowest BCUT2D eigenvalue weighted by molar-refractivity contribution is -0.516. The highest BCUT2D eigenvalue weighted by molar-refractivity contribution is 5.84. The van der Waals surface area contributed by atoms with Crippen LogP contribution >= 0.6 is 0 Å². The van der Waals surface area contributed by atoms with Gasteiger partial charge in [-0.05, 0) is 23.3 Å². The Morgan fingerprint density at radius 2 is 1.71 bits per heavy atom. The van der Waals surface area contributed by atoms with Crippen LogP contribution in [-0.4, -0.2) is 39.8 Å². The minimum absolute atomic E-state index is 0.0467. The summed E-state index contributed by atoms with van der Waals surface area (Å²) < 4.78 is 0. The molecule has 144 valence electrons. The zero-order chi connectivity index (χ0) is 19.9. The molecule has 2 fully saturated rings. The first-order valence-electron chi connectivity index (χ1n) is 8.94. The van der Waals surface area contributed by atoms with Crippen molar-refractivity contribution in [1.82, 2.24) is 10.2 Å². The van der Waals surface area contributed by atoms with Gasteiger partial charge in [-0.1, -0.05) is 30.3 Å². The molecule has 0 bridgehead atoms. The summed E-state index contributed by atoms with van der Waals surface area (Å²) in [5.74, 6) is -1.14. The molecule has 2 aromatic rings. The quantitative estimate of drug-likeness (QED) is 0.638. The molecule has 1 amide bonds. The fourth-order valence-electron chi connectivity index (χ4n) is 4.38. The van der Waals surface area contributed by atoms with Gasteiger partial charge in [-0.25, -0.2) is 0 Å². The van der Waals surface area contributed by atoms with E-state index in [1.807, 2.05) is 6.07 Å². The van der Waals surface area contributed by atoms with E-state index >= 15 is 0 Å². The molecule has 0 saturated carbocycles. The second-order valence-electron chi connectivity index (χ2n) is 7.03. The minimum atomic E-state index is -1.35. The number of amides is 1. The number of fused-ring (bicyclic) bond motifs is 1. The van der Waals surface area contributed by atoms with E-state index in [9.17, 15) is 25.0 Å². The van der Waals surface area contributed by atoms with Gasteiger partial charge in [-0.3, -0.25) is 30.3 Å². The van der Waals surface area contributed by atoms with Crippen LogP contribution in [0.3, 0.4) is 0 Å². The summed E-state index contributed by atoms with van der Waals surface area (Å²) in [5, 5.41) is 26.1. The number of piperidine rings is 1. The van der Waals surface area contributed by atoms with E-state index in [4.69, 9.17) is 0 Å². The van der Waals surface area contributed by atoms with Crippen molar-refractivity contribution in [2.24, 2.45) is 0 Å². The average molecular weight is 382 g/mol. The molecule has 0 radical (unpaired) electrons. The largest absolute Gasteiger partial charge is 0.313 e. The molecule has 0 aliphatic carbocycles. The molecular formula is C19H18N4O5. The SMILES string of the molecule is O=C1[C@H]([N+](=O)[O-])[C@@H](c2ccccc2)C[C@]2(c3ccc([N+](=O)[O-])cc3)NCCN12. The maximum atomic E-state index is 13.1. The van der Waals surface area contributed by atoms with Crippen molar-refractivity contribution in [3.05, 3.63) is 86.0 Å². The van der Waals surface area contributed by atoms with Gasteiger partial charge >= 0.3 is 0 Å². The average Bonchev–Trinajstić information content (AvgIpc) is 3.14. The topological polar surface area (TPSA) is 119 Å². The second kappa shape index (κ2) is 6.68. The lowest BCUT2D eigenvalue weighted by atomic mass is 9.76. The van der Waals surface area contributed by atoms with E-state index in [-0.39, 0.29) is 5.69 Å². The zero-order valence-electron chi connectivity index (χ0n) is 14.9. The van der Waals surface area contributed by atoms with Crippen LogP contribution in [0.25, 0.3) is 0 Å². The van der Waals surface area contributed by atoms with Crippen molar-refractivity contribution in [2.45, 2.75) is 24.0 Å². The predicted octanol–water partition coefficient (Wildman–Crippen LogP) is 2.01. The number of non-ortho nitro benzene ring substituents is 1. The van der Waals surface area contributed by atoms with Crippen LogP contribution in [0.15, 0.2) is 54.6 Å². The molecule has 2 aliphatic heterocycles. The van der Waals surface area contributed by atoms with Gasteiger partial charge in [0.15, 0.2) is 0 Å². The molecule has 2 aliphatic rings. The van der Waals surface area contributed by atoms with Gasteiger partial charge in [0.05, 0.1) is 10.8 Å². The first kappa shape index (κ1) is 18.1. The fraction of sp³-hybridized carbons (Fsp3) is 0.316. The molecule has 9 nitrogen and oxygen atoms in total. The molecule has 4 rings (SSSR count). The van der Waals surface area contributed by atoms with Crippen LogP contribution in [0.5, 0.6) is 0 Å². The summed E-state index contributed by atoms with van der Waals surface area (Å²) in [6, 6.07) is 13.7. The minimum Gasteiger partial charge on any atom is -0.313 e. The van der Waals surface area contributed by atoms with E-state index in [2.05, 4.69) is 5.32 Å². The number of hydrogen-bond donors (Lipinski definition) is 1. The molecule has 28 heavy (non-hydrogen) atoms. The van der Waals surface area contributed by atoms with E-state index in [1.165, 1.54) is 17.0 Å². The molecule has 0 aromatic heterocycles. The molecule has 2 saturated heterocycles. The molecule has 0 unspecified atom stereocenters. The summed E-state index contributed by atoms with van der Waals surface area (Å²) in [6.45, 7) is 0.844. The molecular weight excluding hydrogens is 364 g/mol. The number of carbonyl (C=O) groups is 1. The van der Waals surface area contributed by atoms with Gasteiger partial charge in [0.2, 0.25) is 0 Å². The molecule has 3 atom stereocenters. The Bertz CT molecular complexity index is 933. The number of nitro benzene ring substituents is 1. The number of nitrogens with zero attached hydrogens (tertiary/aromatic N) is 3. The van der Waals surface area contributed by atoms with Crippen molar-refractivity contribution in [2.75, 3.05) is 13.1 Å². The number of nitro groups is 2. The molecule has 9 heteroatoms. The Morgan fingerprint density at radius 1 is 1.04 bits per heavy atom. The standard InChI is InChI=1S/C19H18N4O5/c24-18-17(23(27)28)16(13-4-2-1-3-5-13)12-19(20-10-11-21(18)19)14-6-8-15(9-7-14)22(25)26/h1-9,16-17,20H,10-12H2/t16-,17-,19+/m1/s1. The molecule has 0 spiro atoms. The first-order valence-corrected chi connectivity index (χ1v) is 8.94. The predicted molar refractivity (Wildman–Crippen MR) is 99.1 cm³/mol. The lowest BCUT2D eigenvalue weighted by Crippen LogP contribution is -2.62. The maximum Gasteiger partial charge on any atom is 0.299 e. The second-order valence-corrected chi connectivity index (χ2v) is 7.03. The van der Waals surface area contributed by atoms with E-state index in [0.29, 0.717) is 25.1 Å². The maximum absolute atomic E-state index is 13.1. The van der Waals surface area contributed by atoms with Crippen LogP contribution in [-0.2, 0) is 10.5 Å². The summed E-state index contributed by atoms with van der Waals surface area (Å²) in [7, 11) is 0. The summed E-state index contributed by atoms with van der Waals surface area (Å²) in [5.41, 5.74) is 0.452. The molecule has 2 aromatic carbocycles. The van der Waals surface area contributed by atoms with Crippen LogP contribution in [0.1, 0.15) is 23.5 Å². The molecule has 1 N–H and O–H groups in total. The van der Waals surface area contributed by atoms with Crippen LogP contribution < -0.4 is 5.32 Å². The highest BCUT2D eigenvalue weighted by Gasteiger charge is 2.58. The highest BCUT2D eigenvalue weighted by atomic mass is 16.6. The number of carbonyl (C=O) groups excluding carboxylic acids is 1. The van der Waals surface area contributed by atoms with Crippen molar-refractivity contribution in [3.63, 3.8) is 0 Å². The number of nitrogens with one attached hydrogen (secondary N) is 1. The third kappa shape index (κ3) is 2.71. The molecule has 2 heterocycles. The highest BCUT2D eigenvalue weighted by Crippen LogP contribution is 2.45. The van der Waals surface area contributed by atoms with Crippen LogP contribution in [0.2, 0.25) is 0 Å². The third-order valence-electron chi connectivity index (χ3n) is 5.64. The third-order valence-corrected chi connectivity index (χ3v) is 5.64. The van der Waals surface area contributed by atoms with Gasteiger partial charge < -0.3 is 4.90 Å². The van der Waals surface area contributed by atoms with E-state index in [1.54, 1.807) is 36.4 Å². The number of rotatable bonds is 4. The Balaban J connectivity index is 1.81. The first-order chi connectivity index (χ1) is 13.4. The van der Waals surface area contributed by atoms with Crippen molar-refractivity contribution >= 4 is 11.6 Å². The Morgan fingerprint density at radius 3 is 2.32 bits per heavy atom. The smallest absolute Gasteiger partial charge is 0.299 e. The summed E-state index contributed by atoms with van der Waals surface area (Å²) >= 11 is 0. The van der Waals surface area contributed by atoms with Gasteiger partial charge in [-0.2, -0.15) is 0 Å². The number of hydrogen-bond acceptors (Lipinski definition) is 6.